The summed E-state index contributed by atoms with van der Waals surface area (Å²) < 4.78 is 62.4. The fourth-order valence-electron chi connectivity index (χ4n) is 1.84. The van der Waals surface area contributed by atoms with E-state index in [-0.39, 0.29) is 17.3 Å². The predicted molar refractivity (Wildman–Crippen MR) is 73.4 cm³/mol. The van der Waals surface area contributed by atoms with Crippen molar-refractivity contribution in [2.24, 2.45) is 0 Å². The smallest absolute Gasteiger partial charge is 0.259 e. The summed E-state index contributed by atoms with van der Waals surface area (Å²) in [5, 5.41) is 0. The Morgan fingerprint density at radius 1 is 0.905 bits per heavy atom. The van der Waals surface area contributed by atoms with Gasteiger partial charge in [-0.3, -0.25) is 4.21 Å². The second-order valence-electron chi connectivity index (χ2n) is 4.55. The van der Waals surface area contributed by atoms with Gasteiger partial charge in [0.15, 0.2) is 0 Å². The summed E-state index contributed by atoms with van der Waals surface area (Å²) in [5.41, 5.74) is 0.297. The van der Waals surface area contributed by atoms with Crippen LogP contribution in [0.3, 0.4) is 0 Å². The molecule has 0 spiro atoms. The van der Waals surface area contributed by atoms with Gasteiger partial charge in [-0.25, -0.2) is 4.39 Å². The van der Waals surface area contributed by atoms with Crippen LogP contribution in [0.2, 0.25) is 0 Å². The lowest BCUT2D eigenvalue weighted by atomic mass is 10.1. The Morgan fingerprint density at radius 2 is 1.52 bits per heavy atom. The highest BCUT2D eigenvalue weighted by Crippen LogP contribution is 2.29. The topological polar surface area (TPSA) is 17.1 Å². The van der Waals surface area contributed by atoms with Gasteiger partial charge in [-0.15, -0.1) is 0 Å². The third-order valence-electron chi connectivity index (χ3n) is 2.82. The molecule has 0 bridgehead atoms. The molecule has 0 radical (unpaired) electrons. The molecule has 0 heterocycles. The second kappa shape index (κ2) is 6.39. The van der Waals surface area contributed by atoms with E-state index in [2.05, 4.69) is 0 Å². The number of benzene rings is 2. The molecule has 2 aromatic rings. The largest absolute Gasteiger partial charge is 0.416 e. The van der Waals surface area contributed by atoms with Gasteiger partial charge in [0.2, 0.25) is 0 Å². The lowest BCUT2D eigenvalue weighted by molar-refractivity contribution is -0.137. The zero-order chi connectivity index (χ0) is 15.5. The quantitative estimate of drug-likeness (QED) is 0.769. The molecule has 0 saturated carbocycles. The Hall–Kier alpha value is -1.69. The van der Waals surface area contributed by atoms with Crippen molar-refractivity contribution in [1.82, 2.24) is 0 Å². The third kappa shape index (κ3) is 4.67. The Bertz CT molecular complexity index is 635. The van der Waals surface area contributed by atoms with Gasteiger partial charge in [0.1, 0.15) is 5.82 Å². The Kier molecular flexibility index (Phi) is 4.77. The van der Waals surface area contributed by atoms with Gasteiger partial charge in [0.05, 0.1) is 5.56 Å². The number of rotatable bonds is 4. The van der Waals surface area contributed by atoms with Crippen molar-refractivity contribution in [3.05, 3.63) is 71.0 Å². The molecule has 0 fully saturated rings. The van der Waals surface area contributed by atoms with Gasteiger partial charge in [0, 0.05) is 22.3 Å². The first-order valence-electron chi connectivity index (χ1n) is 6.10. The van der Waals surface area contributed by atoms with Crippen LogP contribution in [-0.4, -0.2) is 4.21 Å². The van der Waals surface area contributed by atoms with E-state index in [1.54, 1.807) is 0 Å². The summed E-state index contributed by atoms with van der Waals surface area (Å²) in [6.07, 6.45) is -4.41. The van der Waals surface area contributed by atoms with E-state index >= 15 is 0 Å². The van der Waals surface area contributed by atoms with Crippen LogP contribution in [0.15, 0.2) is 48.5 Å². The van der Waals surface area contributed by atoms with Crippen LogP contribution < -0.4 is 0 Å². The molecule has 0 saturated heterocycles. The molecule has 0 N–H and O–H groups in total. The molecule has 1 unspecified atom stereocenters. The van der Waals surface area contributed by atoms with Gasteiger partial charge >= 0.3 is 6.18 Å². The average Bonchev–Trinajstić information content (AvgIpc) is 2.41. The summed E-state index contributed by atoms with van der Waals surface area (Å²) in [5.74, 6) is -0.180. The van der Waals surface area contributed by atoms with Gasteiger partial charge in [-0.1, -0.05) is 30.3 Å². The van der Waals surface area contributed by atoms with E-state index in [0.29, 0.717) is 11.1 Å². The highest BCUT2D eigenvalue weighted by molar-refractivity contribution is 7.83. The molecule has 0 aliphatic rings. The molecule has 21 heavy (non-hydrogen) atoms. The van der Waals surface area contributed by atoms with Crippen molar-refractivity contribution in [1.29, 1.82) is 0 Å². The maximum Gasteiger partial charge on any atom is 0.416 e. The maximum absolute atomic E-state index is 12.7. The van der Waals surface area contributed by atoms with Crippen LogP contribution in [0.25, 0.3) is 0 Å². The molecule has 1 nitrogen and oxygen atoms in total. The van der Waals surface area contributed by atoms with Gasteiger partial charge < -0.3 is 0 Å². The second-order valence-corrected chi connectivity index (χ2v) is 6.01. The molecule has 0 aliphatic heterocycles. The van der Waals surface area contributed by atoms with E-state index in [1.807, 2.05) is 0 Å². The van der Waals surface area contributed by atoms with E-state index in [0.717, 1.165) is 12.1 Å². The Balaban J connectivity index is 2.04. The summed E-state index contributed by atoms with van der Waals surface area (Å²) in [7, 11) is -1.35. The zero-order valence-electron chi connectivity index (χ0n) is 10.9. The fourth-order valence-corrected chi connectivity index (χ4v) is 3.06. The summed E-state index contributed by atoms with van der Waals surface area (Å²) in [6, 6.07) is 10.3. The lowest BCUT2D eigenvalue weighted by Gasteiger charge is -2.08. The number of halogens is 4. The minimum atomic E-state index is -4.41. The van der Waals surface area contributed by atoms with E-state index < -0.39 is 22.5 Å². The highest BCUT2D eigenvalue weighted by atomic mass is 32.2. The first kappa shape index (κ1) is 15.7. The molecular formula is C15H12F4OS. The molecule has 0 amide bonds. The minimum Gasteiger partial charge on any atom is -0.259 e. The van der Waals surface area contributed by atoms with Crippen LogP contribution >= 0.6 is 0 Å². The molecule has 6 heteroatoms. The standard InChI is InChI=1S/C15H12F4OS/c16-14-6-4-11(5-7-14)9-21(20)10-12-2-1-3-13(8-12)15(17,18)19/h1-8H,9-10H2. The molecular weight excluding hydrogens is 304 g/mol. The number of hydrogen-bond donors (Lipinski definition) is 0. The van der Waals surface area contributed by atoms with E-state index in [4.69, 9.17) is 0 Å². The first-order chi connectivity index (χ1) is 9.84. The lowest BCUT2D eigenvalue weighted by Crippen LogP contribution is -2.06. The third-order valence-corrected chi connectivity index (χ3v) is 4.13. The van der Waals surface area contributed by atoms with Crippen molar-refractivity contribution < 1.29 is 21.8 Å². The van der Waals surface area contributed by atoms with Crippen molar-refractivity contribution in [3.63, 3.8) is 0 Å². The van der Waals surface area contributed by atoms with Crippen molar-refractivity contribution in [3.8, 4) is 0 Å². The molecule has 1 atom stereocenters. The van der Waals surface area contributed by atoms with Crippen molar-refractivity contribution >= 4 is 10.8 Å². The maximum atomic E-state index is 12.7. The summed E-state index contributed by atoms with van der Waals surface area (Å²) >= 11 is 0. The molecule has 2 rings (SSSR count). The highest BCUT2D eigenvalue weighted by Gasteiger charge is 2.30. The molecule has 2 aromatic carbocycles. The molecule has 112 valence electrons. The van der Waals surface area contributed by atoms with Crippen molar-refractivity contribution in [2.75, 3.05) is 0 Å². The van der Waals surface area contributed by atoms with Crippen LogP contribution in [0, 0.1) is 5.82 Å². The zero-order valence-corrected chi connectivity index (χ0v) is 11.7. The summed E-state index contributed by atoms with van der Waals surface area (Å²) in [6.45, 7) is 0. The Morgan fingerprint density at radius 3 is 2.14 bits per heavy atom. The first-order valence-corrected chi connectivity index (χ1v) is 7.59. The van der Waals surface area contributed by atoms with Crippen molar-refractivity contribution in [2.45, 2.75) is 17.7 Å². The van der Waals surface area contributed by atoms with Crippen LogP contribution in [0.5, 0.6) is 0 Å². The van der Waals surface area contributed by atoms with Gasteiger partial charge in [0.25, 0.3) is 0 Å². The predicted octanol–water partition coefficient (Wildman–Crippen LogP) is 4.29. The summed E-state index contributed by atoms with van der Waals surface area (Å²) in [4.78, 5) is 0. The monoisotopic (exact) mass is 316 g/mol. The number of alkyl halides is 3. The average molecular weight is 316 g/mol. The van der Waals surface area contributed by atoms with Gasteiger partial charge in [-0.05, 0) is 29.3 Å². The van der Waals surface area contributed by atoms with Crippen LogP contribution in [0.4, 0.5) is 17.6 Å². The molecule has 0 aromatic heterocycles. The van der Waals surface area contributed by atoms with Crippen LogP contribution in [-0.2, 0) is 28.5 Å². The SMILES string of the molecule is O=S(Cc1ccc(F)cc1)Cc1cccc(C(F)(F)F)c1. The van der Waals surface area contributed by atoms with Gasteiger partial charge in [-0.2, -0.15) is 13.2 Å². The normalized spacial score (nSPS) is 13.1. The van der Waals surface area contributed by atoms with E-state index in [1.165, 1.54) is 36.4 Å². The minimum absolute atomic E-state index is 0.0291. The molecule has 0 aliphatic carbocycles. The number of hydrogen-bond acceptors (Lipinski definition) is 1. The van der Waals surface area contributed by atoms with E-state index in [9.17, 15) is 21.8 Å². The Labute approximate surface area is 122 Å². The van der Waals surface area contributed by atoms with Crippen LogP contribution in [0.1, 0.15) is 16.7 Å². The fraction of sp³-hybridized carbons (Fsp3) is 0.200.